The fourth-order valence-corrected chi connectivity index (χ4v) is 0. The Morgan fingerprint density at radius 3 is 1.00 bits per heavy atom. The molecule has 0 heterocycles. The third-order valence-electron chi connectivity index (χ3n) is 0. The van der Waals surface area contributed by atoms with E-state index in [2.05, 4.69) is 19.6 Å². The summed E-state index contributed by atoms with van der Waals surface area (Å²) in [4.78, 5) is 0. The first kappa shape index (κ1) is 15.8. The first-order chi connectivity index (χ1) is 1.41. The van der Waals surface area contributed by atoms with Crippen LogP contribution in [-0.2, 0) is 14.9 Å². The van der Waals surface area contributed by atoms with E-state index < -0.39 is 0 Å². The van der Waals surface area contributed by atoms with Crippen molar-refractivity contribution in [3.05, 3.63) is 0 Å². The molecule has 0 aromatic rings. The Labute approximate surface area is 61.0 Å². The summed E-state index contributed by atoms with van der Waals surface area (Å²) in [5, 5.41) is 0. The molecule has 34 valence electrons. The van der Waals surface area contributed by atoms with Crippen LogP contribution in [0.1, 0.15) is 0 Å². The zero-order valence-corrected chi connectivity index (χ0v) is 7.86. The SMILES string of the molecule is S.S.[S]=[Mo]=[S]. The predicted octanol–water partition coefficient (Wildman–Crippen LogP) is 1.52. The molecule has 0 unspecified atom stereocenters. The molecule has 0 amide bonds. The molecular weight excluding hydrogens is 224 g/mol. The Kier molecular flexibility index (Phi) is 53.8. The van der Waals surface area contributed by atoms with E-state index in [1.807, 2.05) is 0 Å². The van der Waals surface area contributed by atoms with Gasteiger partial charge < -0.3 is 0 Å². The van der Waals surface area contributed by atoms with Crippen LogP contribution < -0.4 is 0 Å². The Bertz CT molecular complexity index is 24.6. The molecule has 0 aliphatic carbocycles. The molecule has 0 spiro atoms. The van der Waals surface area contributed by atoms with Crippen molar-refractivity contribution in [3.8, 4) is 0 Å². The molecule has 0 bridgehead atoms. The topological polar surface area (TPSA) is 0 Å². The number of hydrogen-bond acceptors (Lipinski definition) is 2. The summed E-state index contributed by atoms with van der Waals surface area (Å²) in [5.74, 6) is 0. The first-order valence-corrected chi connectivity index (χ1v) is 5.92. The van der Waals surface area contributed by atoms with E-state index >= 15 is 0 Å². The van der Waals surface area contributed by atoms with E-state index in [1.165, 1.54) is 0 Å². The van der Waals surface area contributed by atoms with Crippen LogP contribution in [0.25, 0.3) is 0 Å². The average Bonchev–Trinajstić information content (AvgIpc) is 0.918. The second-order valence-corrected chi connectivity index (χ2v) is 3.62. The van der Waals surface area contributed by atoms with Gasteiger partial charge in [-0.2, -0.15) is 27.0 Å². The second kappa shape index (κ2) is 17.0. The van der Waals surface area contributed by atoms with E-state index in [0.29, 0.717) is 0 Å². The van der Waals surface area contributed by atoms with Crippen LogP contribution in [0.3, 0.4) is 0 Å². The van der Waals surface area contributed by atoms with Crippen molar-refractivity contribution < 1.29 is 14.9 Å². The second-order valence-electron chi connectivity index (χ2n) is 0.0680. The maximum absolute atomic E-state index is 4.34. The molecule has 0 aliphatic rings. The van der Waals surface area contributed by atoms with Crippen molar-refractivity contribution >= 4 is 46.6 Å². The Balaban J connectivity index is -0.0000000200. The average molecular weight is 228 g/mol. The fourth-order valence-electron chi connectivity index (χ4n) is 0. The van der Waals surface area contributed by atoms with Gasteiger partial charge in [0.2, 0.25) is 0 Å². The van der Waals surface area contributed by atoms with Crippen LogP contribution in [0.2, 0.25) is 0 Å². The standard InChI is InChI=1S/Mo.2H2S.2S/h;2*1H2;;. The maximum atomic E-state index is 4.34. The van der Waals surface area contributed by atoms with Crippen LogP contribution >= 0.6 is 46.6 Å². The van der Waals surface area contributed by atoms with Crippen LogP contribution in [0.15, 0.2) is 0 Å². The molecule has 0 radical (unpaired) electrons. The molecule has 5 heteroatoms. The molecule has 0 saturated carbocycles. The fraction of sp³-hybridized carbons (Fsp3) is 0. The molecule has 0 rings (SSSR count). The summed E-state index contributed by atoms with van der Waals surface area (Å²) in [6, 6.07) is 0. The van der Waals surface area contributed by atoms with Gasteiger partial charge in [-0.1, -0.05) is 0 Å². The monoisotopic (exact) mass is 230 g/mol. The van der Waals surface area contributed by atoms with Gasteiger partial charge in [-0.15, -0.1) is 0 Å². The number of hydrogen-bond donors (Lipinski definition) is 0. The van der Waals surface area contributed by atoms with Gasteiger partial charge >= 0.3 is 34.6 Å². The Morgan fingerprint density at radius 1 is 1.00 bits per heavy atom. The summed E-state index contributed by atoms with van der Waals surface area (Å²) < 4.78 is 0. The van der Waals surface area contributed by atoms with Crippen molar-refractivity contribution in [3.63, 3.8) is 0 Å². The number of rotatable bonds is 0. The van der Waals surface area contributed by atoms with Crippen LogP contribution in [0.5, 0.6) is 0 Å². The van der Waals surface area contributed by atoms with E-state index in [9.17, 15) is 0 Å². The van der Waals surface area contributed by atoms with Gasteiger partial charge in [-0.05, 0) is 0 Å². The zero-order chi connectivity index (χ0) is 2.71. The van der Waals surface area contributed by atoms with Crippen LogP contribution in [-0.4, -0.2) is 0 Å². The normalized spacial score (nSPS) is 2.40. The summed E-state index contributed by atoms with van der Waals surface area (Å²) in [6.07, 6.45) is 0. The van der Waals surface area contributed by atoms with E-state index in [0.717, 1.165) is 0 Å². The first-order valence-electron chi connectivity index (χ1n) is 0.333. The van der Waals surface area contributed by atoms with E-state index in [-0.39, 0.29) is 41.9 Å². The molecular formula is H4MoS4. The molecule has 0 N–H and O–H groups in total. The van der Waals surface area contributed by atoms with Crippen LogP contribution in [0, 0.1) is 0 Å². The van der Waals surface area contributed by atoms with Gasteiger partial charge in [0.05, 0.1) is 0 Å². The van der Waals surface area contributed by atoms with Crippen molar-refractivity contribution in [1.82, 2.24) is 0 Å². The third-order valence-corrected chi connectivity index (χ3v) is 0. The molecule has 5 heavy (non-hydrogen) atoms. The van der Waals surface area contributed by atoms with Crippen molar-refractivity contribution in [2.24, 2.45) is 0 Å². The molecule has 0 saturated heterocycles. The Hall–Kier alpha value is 1.83. The molecule has 0 atom stereocenters. The molecule has 0 nitrogen and oxygen atoms in total. The van der Waals surface area contributed by atoms with Gasteiger partial charge in [-0.3, -0.25) is 0 Å². The van der Waals surface area contributed by atoms with Gasteiger partial charge in [0, 0.05) is 0 Å². The van der Waals surface area contributed by atoms with Crippen molar-refractivity contribution in [1.29, 1.82) is 0 Å². The van der Waals surface area contributed by atoms with Crippen LogP contribution in [0.4, 0.5) is 0 Å². The van der Waals surface area contributed by atoms with Gasteiger partial charge in [0.25, 0.3) is 0 Å². The van der Waals surface area contributed by atoms with E-state index in [4.69, 9.17) is 0 Å². The third kappa shape index (κ3) is 25.6. The van der Waals surface area contributed by atoms with E-state index in [1.54, 1.807) is 0 Å². The molecule has 0 fully saturated rings. The predicted molar refractivity (Wildman–Crippen MR) is 35.9 cm³/mol. The van der Waals surface area contributed by atoms with Crippen molar-refractivity contribution in [2.45, 2.75) is 0 Å². The Morgan fingerprint density at radius 2 is 1.00 bits per heavy atom. The minimum absolute atomic E-state index is 0. The zero-order valence-electron chi connectivity index (χ0n) is 2.22. The summed E-state index contributed by atoms with van der Waals surface area (Å²) in [5.41, 5.74) is 0. The van der Waals surface area contributed by atoms with Crippen molar-refractivity contribution in [2.75, 3.05) is 0 Å². The summed E-state index contributed by atoms with van der Waals surface area (Å²) in [6.45, 7) is 0. The summed E-state index contributed by atoms with van der Waals surface area (Å²) >= 11 is -0.363. The van der Waals surface area contributed by atoms with Gasteiger partial charge in [-0.25, -0.2) is 0 Å². The quantitative estimate of drug-likeness (QED) is 0.576. The molecule has 0 aliphatic heterocycles. The summed E-state index contributed by atoms with van der Waals surface area (Å²) in [7, 11) is 8.68. The molecule has 0 aromatic carbocycles. The van der Waals surface area contributed by atoms with Gasteiger partial charge in [0.15, 0.2) is 0 Å². The van der Waals surface area contributed by atoms with Gasteiger partial charge in [0.1, 0.15) is 0 Å². The molecule has 0 aromatic heterocycles. The minimum atomic E-state index is -0.363.